The largest absolute Gasteiger partial charge is 0.396 e. The first-order valence-electron chi connectivity index (χ1n) is 4.61. The molecule has 0 amide bonds. The van der Waals surface area contributed by atoms with Crippen LogP contribution in [0.3, 0.4) is 0 Å². The quantitative estimate of drug-likeness (QED) is 0.801. The number of thioether (sulfide) groups is 1. The molecule has 1 rings (SSSR count). The number of hydrogen-bond acceptors (Lipinski definition) is 4. The molecular weight excluding hydrogens is 194 g/mol. The van der Waals surface area contributed by atoms with E-state index in [1.54, 1.807) is 6.20 Å². The molecule has 1 atom stereocenters. The molecule has 0 saturated carbocycles. The Morgan fingerprint density at radius 2 is 2.36 bits per heavy atom. The van der Waals surface area contributed by atoms with Gasteiger partial charge in [0, 0.05) is 18.0 Å². The fourth-order valence-electron chi connectivity index (χ4n) is 1.21. The third-order valence-corrected chi connectivity index (χ3v) is 2.84. The van der Waals surface area contributed by atoms with Gasteiger partial charge >= 0.3 is 0 Å². The highest BCUT2D eigenvalue weighted by molar-refractivity contribution is 7.98. The Labute approximate surface area is 89.5 Å². The van der Waals surface area contributed by atoms with Crippen molar-refractivity contribution in [3.63, 3.8) is 0 Å². The van der Waals surface area contributed by atoms with E-state index in [1.807, 2.05) is 24.8 Å². The first-order chi connectivity index (χ1) is 6.65. The zero-order valence-corrected chi connectivity index (χ0v) is 9.69. The second kappa shape index (κ2) is 5.10. The summed E-state index contributed by atoms with van der Waals surface area (Å²) >= 11 is 1.81. The second-order valence-electron chi connectivity index (χ2n) is 3.39. The highest BCUT2D eigenvalue weighted by Crippen LogP contribution is 2.19. The molecule has 1 heterocycles. The van der Waals surface area contributed by atoms with Gasteiger partial charge in [-0.3, -0.25) is 0 Å². The first kappa shape index (κ1) is 11.2. The molecule has 0 aromatic carbocycles. The highest BCUT2D eigenvalue weighted by atomic mass is 32.2. The molecule has 0 aliphatic heterocycles. The van der Waals surface area contributed by atoms with Gasteiger partial charge in [-0.1, -0.05) is 0 Å². The summed E-state index contributed by atoms with van der Waals surface area (Å²) < 4.78 is 0. The molecule has 0 aliphatic rings. The van der Waals surface area contributed by atoms with Gasteiger partial charge < -0.3 is 11.1 Å². The van der Waals surface area contributed by atoms with Crippen LogP contribution in [0.4, 0.5) is 11.5 Å². The predicted octanol–water partition coefficient (Wildman–Crippen LogP) is 2.14. The lowest BCUT2D eigenvalue weighted by Gasteiger charge is -2.15. The number of nitrogens with zero attached hydrogens (tertiary/aromatic N) is 1. The van der Waals surface area contributed by atoms with E-state index in [4.69, 9.17) is 5.73 Å². The number of pyridine rings is 1. The van der Waals surface area contributed by atoms with Crippen LogP contribution in [0.15, 0.2) is 12.3 Å². The maximum atomic E-state index is 5.90. The number of nitrogens with one attached hydrogen (secondary N) is 1. The summed E-state index contributed by atoms with van der Waals surface area (Å²) in [5.74, 6) is 1.85. The average molecular weight is 211 g/mol. The number of aryl methyl sites for hydroxylation is 1. The van der Waals surface area contributed by atoms with E-state index >= 15 is 0 Å². The summed E-state index contributed by atoms with van der Waals surface area (Å²) in [6.07, 6.45) is 3.87. The van der Waals surface area contributed by atoms with Crippen LogP contribution in [0.25, 0.3) is 0 Å². The summed E-state index contributed by atoms with van der Waals surface area (Å²) in [4.78, 5) is 4.22. The normalized spacial score (nSPS) is 12.5. The lowest BCUT2D eigenvalue weighted by atomic mass is 10.2. The highest BCUT2D eigenvalue weighted by Gasteiger charge is 2.06. The molecule has 1 aromatic heterocycles. The van der Waals surface area contributed by atoms with Crippen molar-refractivity contribution in [2.45, 2.75) is 19.9 Å². The minimum atomic E-state index is 0.390. The lowest BCUT2D eigenvalue weighted by molar-refractivity contribution is 0.903. The zero-order valence-electron chi connectivity index (χ0n) is 8.87. The summed E-state index contributed by atoms with van der Waals surface area (Å²) in [5, 5.41) is 3.29. The number of nitrogen functional groups attached to an aromatic ring is 1. The lowest BCUT2D eigenvalue weighted by Crippen LogP contribution is -2.19. The van der Waals surface area contributed by atoms with Gasteiger partial charge in [-0.25, -0.2) is 4.98 Å². The van der Waals surface area contributed by atoms with Crippen LogP contribution in [0.1, 0.15) is 12.5 Å². The molecule has 0 fully saturated rings. The fraction of sp³-hybridized carbons (Fsp3) is 0.500. The molecule has 1 unspecified atom stereocenters. The molecular formula is C10H17N3S. The van der Waals surface area contributed by atoms with E-state index in [-0.39, 0.29) is 0 Å². The number of anilines is 2. The van der Waals surface area contributed by atoms with Gasteiger partial charge in [0.25, 0.3) is 0 Å². The Kier molecular flexibility index (Phi) is 4.07. The van der Waals surface area contributed by atoms with E-state index in [0.717, 1.165) is 22.8 Å². The van der Waals surface area contributed by atoms with E-state index in [0.29, 0.717) is 6.04 Å². The van der Waals surface area contributed by atoms with E-state index in [1.165, 1.54) is 0 Å². The van der Waals surface area contributed by atoms with Gasteiger partial charge in [0.2, 0.25) is 0 Å². The van der Waals surface area contributed by atoms with Gasteiger partial charge in [-0.15, -0.1) is 0 Å². The molecule has 4 heteroatoms. The molecule has 0 bridgehead atoms. The topological polar surface area (TPSA) is 50.9 Å². The molecule has 1 aromatic rings. The van der Waals surface area contributed by atoms with E-state index in [2.05, 4.69) is 23.5 Å². The minimum Gasteiger partial charge on any atom is -0.396 e. The number of aromatic nitrogens is 1. The SMILES string of the molecule is CSCC(C)Nc1nccc(C)c1N. The van der Waals surface area contributed by atoms with Crippen LogP contribution in [0, 0.1) is 6.92 Å². The Bertz CT molecular complexity index is 301. The molecule has 3 nitrogen and oxygen atoms in total. The Morgan fingerprint density at radius 3 is 3.00 bits per heavy atom. The van der Waals surface area contributed by atoms with Crippen LogP contribution in [0.5, 0.6) is 0 Å². The van der Waals surface area contributed by atoms with Gasteiger partial charge in [0.1, 0.15) is 5.82 Å². The monoisotopic (exact) mass is 211 g/mol. The van der Waals surface area contributed by atoms with Gasteiger partial charge in [0.15, 0.2) is 0 Å². The average Bonchev–Trinajstić information content (AvgIpc) is 2.13. The number of nitrogens with two attached hydrogens (primary N) is 1. The van der Waals surface area contributed by atoms with Gasteiger partial charge in [0.05, 0.1) is 5.69 Å². The predicted molar refractivity (Wildman–Crippen MR) is 64.9 cm³/mol. The van der Waals surface area contributed by atoms with Gasteiger partial charge in [-0.05, 0) is 31.7 Å². The van der Waals surface area contributed by atoms with Crippen LogP contribution in [-0.2, 0) is 0 Å². The summed E-state index contributed by atoms with van der Waals surface area (Å²) in [7, 11) is 0. The minimum absolute atomic E-state index is 0.390. The molecule has 0 aliphatic carbocycles. The van der Waals surface area contributed by atoms with E-state index < -0.39 is 0 Å². The molecule has 14 heavy (non-hydrogen) atoms. The standard InChI is InChI=1S/C10H17N3S/c1-7-4-5-12-10(9(7)11)13-8(2)6-14-3/h4-5,8H,6,11H2,1-3H3,(H,12,13). The Balaban J connectivity index is 2.71. The smallest absolute Gasteiger partial charge is 0.149 e. The van der Waals surface area contributed by atoms with Crippen molar-refractivity contribution >= 4 is 23.3 Å². The van der Waals surface area contributed by atoms with Crippen molar-refractivity contribution in [2.24, 2.45) is 0 Å². The molecule has 78 valence electrons. The maximum absolute atomic E-state index is 5.90. The van der Waals surface area contributed by atoms with Crippen LogP contribution < -0.4 is 11.1 Å². The van der Waals surface area contributed by atoms with Crippen LogP contribution in [-0.4, -0.2) is 23.0 Å². The number of hydrogen-bond donors (Lipinski definition) is 2. The van der Waals surface area contributed by atoms with Crippen molar-refractivity contribution in [3.8, 4) is 0 Å². The molecule has 3 N–H and O–H groups in total. The van der Waals surface area contributed by atoms with Crippen molar-refractivity contribution in [3.05, 3.63) is 17.8 Å². The molecule has 0 radical (unpaired) electrons. The fourth-order valence-corrected chi connectivity index (χ4v) is 1.79. The van der Waals surface area contributed by atoms with E-state index in [9.17, 15) is 0 Å². The summed E-state index contributed by atoms with van der Waals surface area (Å²) in [6, 6.07) is 2.31. The first-order valence-corrected chi connectivity index (χ1v) is 6.01. The number of rotatable bonds is 4. The molecule has 0 spiro atoms. The van der Waals surface area contributed by atoms with Crippen molar-refractivity contribution in [1.82, 2.24) is 4.98 Å². The zero-order chi connectivity index (χ0) is 10.6. The molecule has 0 saturated heterocycles. The van der Waals surface area contributed by atoms with Crippen LogP contribution in [0.2, 0.25) is 0 Å². The van der Waals surface area contributed by atoms with Crippen LogP contribution >= 0.6 is 11.8 Å². The summed E-state index contributed by atoms with van der Waals surface area (Å²) in [5.41, 5.74) is 7.71. The summed E-state index contributed by atoms with van der Waals surface area (Å²) in [6.45, 7) is 4.11. The second-order valence-corrected chi connectivity index (χ2v) is 4.30. The van der Waals surface area contributed by atoms with Crippen molar-refractivity contribution < 1.29 is 0 Å². The third kappa shape index (κ3) is 2.80. The van der Waals surface area contributed by atoms with Crippen molar-refractivity contribution in [2.75, 3.05) is 23.1 Å². The Morgan fingerprint density at radius 1 is 1.64 bits per heavy atom. The van der Waals surface area contributed by atoms with Crippen molar-refractivity contribution in [1.29, 1.82) is 0 Å². The Hall–Kier alpha value is -0.900. The maximum Gasteiger partial charge on any atom is 0.149 e. The van der Waals surface area contributed by atoms with Gasteiger partial charge in [-0.2, -0.15) is 11.8 Å². The third-order valence-electron chi connectivity index (χ3n) is 2.01.